The molecule has 0 bridgehead atoms. The molecule has 7 heteroatoms. The van der Waals surface area contributed by atoms with Gasteiger partial charge in [0, 0.05) is 33.2 Å². The van der Waals surface area contributed by atoms with Gasteiger partial charge in [0.2, 0.25) is 5.91 Å². The molecule has 120 valence electrons. The number of aliphatic carboxylic acids is 1. The van der Waals surface area contributed by atoms with E-state index in [0.29, 0.717) is 6.54 Å². The second kappa shape index (κ2) is 7.85. The van der Waals surface area contributed by atoms with E-state index in [9.17, 15) is 14.4 Å². The van der Waals surface area contributed by atoms with Crippen molar-refractivity contribution in [2.75, 3.05) is 39.8 Å². The van der Waals surface area contributed by atoms with Crippen LogP contribution in [0.25, 0.3) is 0 Å². The zero-order chi connectivity index (χ0) is 16.0. The second-order valence-corrected chi connectivity index (χ2v) is 5.50. The third-order valence-corrected chi connectivity index (χ3v) is 3.73. The van der Waals surface area contributed by atoms with Gasteiger partial charge in [0.1, 0.15) is 6.54 Å². The van der Waals surface area contributed by atoms with Gasteiger partial charge in [-0.3, -0.25) is 9.59 Å². The van der Waals surface area contributed by atoms with Gasteiger partial charge in [0.15, 0.2) is 0 Å². The monoisotopic (exact) mass is 299 g/mol. The third-order valence-electron chi connectivity index (χ3n) is 3.73. The molecule has 0 spiro atoms. The molecule has 0 aliphatic carbocycles. The molecule has 1 saturated heterocycles. The predicted octanol–water partition coefficient (Wildman–Crippen LogP) is 0.703. The lowest BCUT2D eigenvalue weighted by Gasteiger charge is -2.29. The SMILES string of the molecule is CCN(CC(C)C(=O)O)C(=O)N(C)CC(=O)N1CCCC1. The highest BCUT2D eigenvalue weighted by molar-refractivity contribution is 5.84. The van der Waals surface area contributed by atoms with Gasteiger partial charge >= 0.3 is 12.0 Å². The summed E-state index contributed by atoms with van der Waals surface area (Å²) in [6, 6.07) is -0.307. The van der Waals surface area contributed by atoms with Gasteiger partial charge in [0.25, 0.3) is 0 Å². The Bertz CT molecular complexity index is 394. The lowest BCUT2D eigenvalue weighted by atomic mass is 10.2. The number of nitrogens with zero attached hydrogens (tertiary/aromatic N) is 3. The van der Waals surface area contributed by atoms with Gasteiger partial charge in [-0.25, -0.2) is 4.79 Å². The van der Waals surface area contributed by atoms with Crippen LogP contribution in [-0.2, 0) is 9.59 Å². The Balaban J connectivity index is 2.53. The van der Waals surface area contributed by atoms with Crippen LogP contribution in [0.3, 0.4) is 0 Å². The Hall–Kier alpha value is -1.79. The van der Waals surface area contributed by atoms with Crippen LogP contribution in [0, 0.1) is 5.92 Å². The number of likely N-dealkylation sites (N-methyl/N-ethyl adjacent to an activating group) is 1. The molecule has 1 rings (SSSR count). The van der Waals surface area contributed by atoms with Crippen molar-refractivity contribution in [1.29, 1.82) is 0 Å². The van der Waals surface area contributed by atoms with Crippen LogP contribution in [-0.4, -0.2) is 77.5 Å². The molecule has 1 fully saturated rings. The average molecular weight is 299 g/mol. The minimum absolute atomic E-state index is 0.0385. The highest BCUT2D eigenvalue weighted by Gasteiger charge is 2.25. The molecule has 7 nitrogen and oxygen atoms in total. The van der Waals surface area contributed by atoms with Crippen LogP contribution in [0.2, 0.25) is 0 Å². The van der Waals surface area contributed by atoms with Crippen molar-refractivity contribution in [1.82, 2.24) is 14.7 Å². The summed E-state index contributed by atoms with van der Waals surface area (Å²) in [5, 5.41) is 8.92. The van der Waals surface area contributed by atoms with E-state index in [1.807, 2.05) is 0 Å². The van der Waals surface area contributed by atoms with Crippen LogP contribution in [0.5, 0.6) is 0 Å². The molecular formula is C14H25N3O4. The smallest absolute Gasteiger partial charge is 0.320 e. The molecule has 0 aromatic carbocycles. The number of carboxylic acid groups (broad SMARTS) is 1. The number of carbonyl (C=O) groups is 3. The summed E-state index contributed by atoms with van der Waals surface area (Å²) in [5.41, 5.74) is 0. The van der Waals surface area contributed by atoms with Crippen LogP contribution in [0.15, 0.2) is 0 Å². The standard InChI is InChI=1S/C14H25N3O4/c1-4-16(9-11(2)13(19)20)14(21)15(3)10-12(18)17-7-5-6-8-17/h11H,4-10H2,1-3H3,(H,19,20). The van der Waals surface area contributed by atoms with Gasteiger partial charge in [-0.15, -0.1) is 0 Å². The van der Waals surface area contributed by atoms with Crippen LogP contribution < -0.4 is 0 Å². The number of likely N-dealkylation sites (tertiary alicyclic amines) is 1. The highest BCUT2D eigenvalue weighted by Crippen LogP contribution is 2.09. The van der Waals surface area contributed by atoms with E-state index >= 15 is 0 Å². The molecule has 0 radical (unpaired) electrons. The van der Waals surface area contributed by atoms with Gasteiger partial charge in [0.05, 0.1) is 5.92 Å². The van der Waals surface area contributed by atoms with Crippen molar-refractivity contribution < 1.29 is 19.5 Å². The maximum Gasteiger partial charge on any atom is 0.320 e. The largest absolute Gasteiger partial charge is 0.481 e. The topological polar surface area (TPSA) is 81.2 Å². The lowest BCUT2D eigenvalue weighted by molar-refractivity contribution is -0.141. The molecule has 1 unspecified atom stereocenters. The number of rotatable bonds is 6. The summed E-state index contributed by atoms with van der Waals surface area (Å²) in [6.45, 7) is 5.47. The molecule has 1 N–H and O–H groups in total. The summed E-state index contributed by atoms with van der Waals surface area (Å²) in [7, 11) is 1.57. The molecule has 0 aromatic rings. The first-order valence-corrected chi connectivity index (χ1v) is 7.37. The number of hydrogen-bond donors (Lipinski definition) is 1. The first kappa shape index (κ1) is 17.3. The Morgan fingerprint density at radius 2 is 1.81 bits per heavy atom. The minimum Gasteiger partial charge on any atom is -0.481 e. The van der Waals surface area contributed by atoms with E-state index in [4.69, 9.17) is 5.11 Å². The molecule has 0 aromatic heterocycles. The molecule has 1 heterocycles. The number of urea groups is 1. The van der Waals surface area contributed by atoms with Crippen molar-refractivity contribution >= 4 is 17.9 Å². The molecule has 21 heavy (non-hydrogen) atoms. The molecule has 1 aliphatic rings. The third kappa shape index (κ3) is 4.91. The molecule has 1 aliphatic heterocycles. The maximum atomic E-state index is 12.3. The lowest BCUT2D eigenvalue weighted by Crippen LogP contribution is -2.47. The van der Waals surface area contributed by atoms with Crippen molar-refractivity contribution in [2.24, 2.45) is 5.92 Å². The minimum atomic E-state index is -0.933. The average Bonchev–Trinajstić information content (AvgIpc) is 2.97. The Kier molecular flexibility index (Phi) is 6.45. The van der Waals surface area contributed by atoms with E-state index in [2.05, 4.69) is 0 Å². The van der Waals surface area contributed by atoms with Crippen molar-refractivity contribution in [3.63, 3.8) is 0 Å². The number of carboxylic acids is 1. The Morgan fingerprint density at radius 3 is 2.29 bits per heavy atom. The summed E-state index contributed by atoms with van der Waals surface area (Å²) in [5.74, 6) is -1.61. The van der Waals surface area contributed by atoms with Gasteiger partial charge < -0.3 is 19.8 Å². The predicted molar refractivity (Wildman–Crippen MR) is 77.9 cm³/mol. The molecule has 1 atom stereocenters. The fourth-order valence-electron chi connectivity index (χ4n) is 2.33. The number of hydrogen-bond acceptors (Lipinski definition) is 3. The van der Waals surface area contributed by atoms with Crippen molar-refractivity contribution in [3.8, 4) is 0 Å². The van der Waals surface area contributed by atoms with Gasteiger partial charge in [-0.1, -0.05) is 6.92 Å². The van der Waals surface area contributed by atoms with Crippen LogP contribution in [0.4, 0.5) is 4.79 Å². The zero-order valence-electron chi connectivity index (χ0n) is 13.0. The van der Waals surface area contributed by atoms with E-state index in [1.165, 1.54) is 9.80 Å². The summed E-state index contributed by atoms with van der Waals surface area (Å²) >= 11 is 0. The van der Waals surface area contributed by atoms with Gasteiger partial charge in [-0.2, -0.15) is 0 Å². The fourth-order valence-corrected chi connectivity index (χ4v) is 2.33. The number of amides is 3. The first-order chi connectivity index (χ1) is 9.86. The number of carbonyl (C=O) groups excluding carboxylic acids is 2. The highest BCUT2D eigenvalue weighted by atomic mass is 16.4. The van der Waals surface area contributed by atoms with Crippen molar-refractivity contribution in [2.45, 2.75) is 26.7 Å². The molecule has 0 saturated carbocycles. The summed E-state index contributed by atoms with van der Waals surface area (Å²) < 4.78 is 0. The van der Waals surface area contributed by atoms with E-state index in [0.717, 1.165) is 25.9 Å². The Labute approximate surface area is 125 Å². The fraction of sp³-hybridized carbons (Fsp3) is 0.786. The van der Waals surface area contributed by atoms with Crippen LogP contribution >= 0.6 is 0 Å². The van der Waals surface area contributed by atoms with E-state index in [-0.39, 0.29) is 25.0 Å². The molecule has 3 amide bonds. The van der Waals surface area contributed by atoms with Crippen molar-refractivity contribution in [3.05, 3.63) is 0 Å². The summed E-state index contributed by atoms with van der Waals surface area (Å²) in [4.78, 5) is 39.8. The zero-order valence-corrected chi connectivity index (χ0v) is 13.0. The molecular weight excluding hydrogens is 274 g/mol. The first-order valence-electron chi connectivity index (χ1n) is 7.37. The van der Waals surface area contributed by atoms with E-state index < -0.39 is 11.9 Å². The Morgan fingerprint density at radius 1 is 1.24 bits per heavy atom. The normalized spacial score (nSPS) is 15.7. The maximum absolute atomic E-state index is 12.3. The second-order valence-electron chi connectivity index (χ2n) is 5.50. The van der Waals surface area contributed by atoms with Gasteiger partial charge in [-0.05, 0) is 19.8 Å². The summed E-state index contributed by atoms with van der Waals surface area (Å²) in [6.07, 6.45) is 2.03. The van der Waals surface area contributed by atoms with E-state index in [1.54, 1.807) is 25.8 Å². The quantitative estimate of drug-likeness (QED) is 0.783. The van der Waals surface area contributed by atoms with Crippen LogP contribution in [0.1, 0.15) is 26.7 Å².